The maximum atomic E-state index is 12.3. The first kappa shape index (κ1) is 14.8. The largest absolute Gasteiger partial charge is 0.398 e. The van der Waals surface area contributed by atoms with Gasteiger partial charge in [-0.15, -0.1) is 0 Å². The number of rotatable bonds is 3. The minimum absolute atomic E-state index is 0.128. The standard InChI is InChI=1S/C13H14BrN3O2S/c1-8-3-4-10(7-11(8)15)20(18,19)17-12-5-6-13(14)16-9(12)2/h3-7,17H,15H2,1-2H3. The van der Waals surface area contributed by atoms with E-state index in [4.69, 9.17) is 5.73 Å². The molecule has 2 rings (SSSR count). The van der Waals surface area contributed by atoms with Gasteiger partial charge in [-0.05, 0) is 59.6 Å². The summed E-state index contributed by atoms with van der Waals surface area (Å²) in [5, 5.41) is 0. The number of hydrogen-bond donors (Lipinski definition) is 2. The van der Waals surface area contributed by atoms with Crippen molar-refractivity contribution in [1.82, 2.24) is 4.98 Å². The Balaban J connectivity index is 2.38. The summed E-state index contributed by atoms with van der Waals surface area (Å²) in [7, 11) is -3.67. The third-order valence-corrected chi connectivity index (χ3v) is 4.66. The third kappa shape index (κ3) is 3.10. The number of aromatic nitrogens is 1. The molecule has 0 atom stereocenters. The lowest BCUT2D eigenvalue weighted by Crippen LogP contribution is -2.14. The van der Waals surface area contributed by atoms with Crippen molar-refractivity contribution in [2.24, 2.45) is 0 Å². The Hall–Kier alpha value is -1.60. The van der Waals surface area contributed by atoms with Crippen LogP contribution in [0.4, 0.5) is 11.4 Å². The molecule has 106 valence electrons. The van der Waals surface area contributed by atoms with Crippen molar-refractivity contribution in [1.29, 1.82) is 0 Å². The Morgan fingerprint density at radius 1 is 1.20 bits per heavy atom. The molecular formula is C13H14BrN3O2S. The number of halogens is 1. The summed E-state index contributed by atoms with van der Waals surface area (Å²) < 4.78 is 27.8. The molecule has 20 heavy (non-hydrogen) atoms. The zero-order valence-corrected chi connectivity index (χ0v) is 13.4. The van der Waals surface area contributed by atoms with E-state index < -0.39 is 10.0 Å². The molecule has 0 aliphatic carbocycles. The number of nitrogens with one attached hydrogen (secondary N) is 1. The number of pyridine rings is 1. The van der Waals surface area contributed by atoms with Crippen molar-refractivity contribution >= 4 is 37.3 Å². The summed E-state index contributed by atoms with van der Waals surface area (Å²) in [6, 6.07) is 7.97. The summed E-state index contributed by atoms with van der Waals surface area (Å²) in [4.78, 5) is 4.28. The van der Waals surface area contributed by atoms with Gasteiger partial charge in [0.15, 0.2) is 0 Å². The van der Waals surface area contributed by atoms with Crippen molar-refractivity contribution in [3.8, 4) is 0 Å². The van der Waals surface area contributed by atoms with Gasteiger partial charge in [0.2, 0.25) is 0 Å². The molecule has 1 heterocycles. The lowest BCUT2D eigenvalue weighted by Gasteiger charge is -2.11. The van der Waals surface area contributed by atoms with Crippen LogP contribution in [0.25, 0.3) is 0 Å². The first-order valence-electron chi connectivity index (χ1n) is 5.82. The maximum absolute atomic E-state index is 12.3. The van der Waals surface area contributed by atoms with E-state index in [2.05, 4.69) is 25.6 Å². The van der Waals surface area contributed by atoms with Crippen LogP contribution >= 0.6 is 15.9 Å². The van der Waals surface area contributed by atoms with Crippen molar-refractivity contribution in [3.05, 3.63) is 46.2 Å². The van der Waals surface area contributed by atoms with Crippen LogP contribution in [0.15, 0.2) is 39.8 Å². The van der Waals surface area contributed by atoms with Crippen molar-refractivity contribution in [2.75, 3.05) is 10.5 Å². The normalized spacial score (nSPS) is 11.3. The van der Waals surface area contributed by atoms with Gasteiger partial charge < -0.3 is 5.73 Å². The van der Waals surface area contributed by atoms with E-state index in [1.54, 1.807) is 25.1 Å². The number of nitrogens with two attached hydrogens (primary N) is 1. The number of benzene rings is 1. The zero-order chi connectivity index (χ0) is 14.9. The van der Waals surface area contributed by atoms with Crippen molar-refractivity contribution in [3.63, 3.8) is 0 Å². The fourth-order valence-electron chi connectivity index (χ4n) is 1.63. The van der Waals surface area contributed by atoms with E-state index in [0.29, 0.717) is 21.7 Å². The Morgan fingerprint density at radius 3 is 2.50 bits per heavy atom. The summed E-state index contributed by atoms with van der Waals surface area (Å²) in [6.45, 7) is 3.55. The third-order valence-electron chi connectivity index (χ3n) is 2.86. The molecule has 0 aliphatic rings. The molecule has 3 N–H and O–H groups in total. The van der Waals surface area contributed by atoms with Crippen LogP contribution in [0.3, 0.4) is 0 Å². The minimum Gasteiger partial charge on any atom is -0.398 e. The van der Waals surface area contributed by atoms with Gasteiger partial charge >= 0.3 is 0 Å². The van der Waals surface area contributed by atoms with Gasteiger partial charge in [0, 0.05) is 5.69 Å². The van der Waals surface area contributed by atoms with Crippen molar-refractivity contribution in [2.45, 2.75) is 18.7 Å². The molecule has 1 aromatic heterocycles. The molecule has 0 amide bonds. The second kappa shape index (κ2) is 5.41. The SMILES string of the molecule is Cc1ccc(S(=O)(=O)Nc2ccc(Br)nc2C)cc1N. The Kier molecular flexibility index (Phi) is 4.01. The van der Waals surface area contributed by atoms with Gasteiger partial charge in [0.05, 0.1) is 16.3 Å². The van der Waals surface area contributed by atoms with Gasteiger partial charge in [-0.1, -0.05) is 6.07 Å². The zero-order valence-electron chi connectivity index (χ0n) is 11.0. The molecule has 0 spiro atoms. The van der Waals surface area contributed by atoms with Crippen LogP contribution < -0.4 is 10.5 Å². The highest BCUT2D eigenvalue weighted by atomic mass is 79.9. The quantitative estimate of drug-likeness (QED) is 0.654. The average Bonchev–Trinajstić information content (AvgIpc) is 2.36. The smallest absolute Gasteiger partial charge is 0.262 e. The fraction of sp³-hybridized carbons (Fsp3) is 0.154. The molecule has 0 aliphatic heterocycles. The van der Waals surface area contributed by atoms with Crippen LogP contribution in [-0.2, 0) is 10.0 Å². The number of sulfonamides is 1. The molecule has 0 unspecified atom stereocenters. The summed E-state index contributed by atoms with van der Waals surface area (Å²) in [5.74, 6) is 0. The van der Waals surface area contributed by atoms with Crippen LogP contribution in [0.2, 0.25) is 0 Å². The topological polar surface area (TPSA) is 85.1 Å². The number of nitrogens with zero attached hydrogens (tertiary/aromatic N) is 1. The van der Waals surface area contributed by atoms with E-state index in [1.807, 2.05) is 6.92 Å². The second-order valence-electron chi connectivity index (χ2n) is 4.39. The van der Waals surface area contributed by atoms with E-state index in [1.165, 1.54) is 12.1 Å². The molecule has 0 saturated heterocycles. The second-order valence-corrected chi connectivity index (χ2v) is 6.89. The number of anilines is 2. The Bertz CT molecular complexity index is 760. The maximum Gasteiger partial charge on any atom is 0.262 e. The highest BCUT2D eigenvalue weighted by Crippen LogP contribution is 2.22. The lowest BCUT2D eigenvalue weighted by atomic mass is 10.2. The molecule has 0 radical (unpaired) electrons. The molecule has 5 nitrogen and oxygen atoms in total. The minimum atomic E-state index is -3.67. The van der Waals surface area contributed by atoms with Crippen LogP contribution in [0.1, 0.15) is 11.3 Å². The van der Waals surface area contributed by atoms with Gasteiger partial charge in [-0.2, -0.15) is 0 Å². The highest BCUT2D eigenvalue weighted by molar-refractivity contribution is 9.10. The van der Waals surface area contributed by atoms with E-state index in [9.17, 15) is 8.42 Å². The molecule has 0 saturated carbocycles. The highest BCUT2D eigenvalue weighted by Gasteiger charge is 2.16. The molecule has 0 bridgehead atoms. The first-order valence-corrected chi connectivity index (χ1v) is 8.09. The Labute approximate surface area is 126 Å². The fourth-order valence-corrected chi connectivity index (χ4v) is 3.18. The molecule has 2 aromatic rings. The van der Waals surface area contributed by atoms with Crippen LogP contribution in [-0.4, -0.2) is 13.4 Å². The van der Waals surface area contributed by atoms with Gasteiger partial charge in [-0.3, -0.25) is 4.72 Å². The van der Waals surface area contributed by atoms with Gasteiger partial charge in [-0.25, -0.2) is 13.4 Å². The summed E-state index contributed by atoms with van der Waals surface area (Å²) in [6.07, 6.45) is 0. The molecular weight excluding hydrogens is 342 g/mol. The van der Waals surface area contributed by atoms with E-state index >= 15 is 0 Å². The van der Waals surface area contributed by atoms with Crippen molar-refractivity contribution < 1.29 is 8.42 Å². The molecule has 0 fully saturated rings. The molecule has 1 aromatic carbocycles. The number of nitrogen functional groups attached to an aromatic ring is 1. The summed E-state index contributed by atoms with van der Waals surface area (Å²) in [5.41, 5.74) is 8.05. The van der Waals surface area contributed by atoms with Crippen LogP contribution in [0, 0.1) is 13.8 Å². The van der Waals surface area contributed by atoms with Crippen LogP contribution in [0.5, 0.6) is 0 Å². The van der Waals surface area contributed by atoms with E-state index in [-0.39, 0.29) is 4.90 Å². The van der Waals surface area contributed by atoms with Gasteiger partial charge in [0.25, 0.3) is 10.0 Å². The molecule has 7 heteroatoms. The Morgan fingerprint density at radius 2 is 1.90 bits per heavy atom. The lowest BCUT2D eigenvalue weighted by molar-refractivity contribution is 0.601. The predicted octanol–water partition coefficient (Wildman–Crippen LogP) is 2.84. The number of aryl methyl sites for hydroxylation is 2. The number of hydrogen-bond acceptors (Lipinski definition) is 4. The average molecular weight is 356 g/mol. The monoisotopic (exact) mass is 355 g/mol. The first-order chi connectivity index (χ1) is 9.29. The predicted molar refractivity (Wildman–Crippen MR) is 83.1 cm³/mol. The summed E-state index contributed by atoms with van der Waals surface area (Å²) >= 11 is 3.23. The van der Waals surface area contributed by atoms with E-state index in [0.717, 1.165) is 5.56 Å². The van der Waals surface area contributed by atoms with Gasteiger partial charge in [0.1, 0.15) is 4.60 Å².